The summed E-state index contributed by atoms with van der Waals surface area (Å²) in [6, 6.07) is 23.3. The van der Waals surface area contributed by atoms with Crippen molar-refractivity contribution < 1.29 is 25.5 Å². The average molecular weight is 659 g/mol. The summed E-state index contributed by atoms with van der Waals surface area (Å²) in [5.41, 5.74) is 11.4. The summed E-state index contributed by atoms with van der Waals surface area (Å²) in [4.78, 5) is 0. The Labute approximate surface area is 291 Å². The molecule has 0 fully saturated rings. The third-order valence-electron chi connectivity index (χ3n) is 9.84. The molecular weight excluding hydrogens is 608 g/mol. The Hall–Kier alpha value is -4.90. The van der Waals surface area contributed by atoms with Gasteiger partial charge in [0.25, 0.3) is 0 Å². The first-order valence-electron chi connectivity index (χ1n) is 17.7. The Balaban J connectivity index is 1.51. The van der Waals surface area contributed by atoms with Crippen molar-refractivity contribution in [1.29, 1.82) is 0 Å². The Bertz CT molecular complexity index is 1820. The molecule has 5 aromatic rings. The second-order valence-electron chi connectivity index (χ2n) is 13.2. The molecule has 0 aliphatic heterocycles. The highest BCUT2D eigenvalue weighted by molar-refractivity contribution is 5.55. The molecule has 0 radical (unpaired) electrons. The minimum absolute atomic E-state index is 0.157. The lowest BCUT2D eigenvalue weighted by molar-refractivity contribution is 0.453. The Morgan fingerprint density at radius 2 is 0.531 bits per heavy atom. The molecule has 0 bridgehead atoms. The summed E-state index contributed by atoms with van der Waals surface area (Å²) in [7, 11) is 0. The van der Waals surface area contributed by atoms with Crippen LogP contribution in [-0.2, 0) is 57.8 Å². The standard InChI is InChI=1S/C44H50O5/c1-6-27-11-13-40(45)32(15-27)23-34-17-29(8-3)19-36(42(34)47)25-38-21-31(10-5)22-39(44(38)49)26-37-20-30(9-4)18-35(43(37)48)24-33-16-28(7-2)12-14-41(33)46/h11-22,45-49H,6-10,23-26H2,1-5H3. The highest BCUT2D eigenvalue weighted by atomic mass is 16.3. The first kappa shape index (κ1) is 35.4. The number of rotatable bonds is 13. The van der Waals surface area contributed by atoms with Crippen molar-refractivity contribution in [1.82, 2.24) is 0 Å². The monoisotopic (exact) mass is 658 g/mol. The van der Waals surface area contributed by atoms with Gasteiger partial charge >= 0.3 is 0 Å². The van der Waals surface area contributed by atoms with E-state index < -0.39 is 0 Å². The molecule has 5 rings (SSSR count). The maximum absolute atomic E-state index is 11.7. The molecule has 0 aromatic heterocycles. The van der Waals surface area contributed by atoms with Crippen LogP contribution < -0.4 is 0 Å². The van der Waals surface area contributed by atoms with E-state index >= 15 is 0 Å². The van der Waals surface area contributed by atoms with Crippen LogP contribution in [-0.4, -0.2) is 25.5 Å². The minimum Gasteiger partial charge on any atom is -0.508 e. The van der Waals surface area contributed by atoms with E-state index in [-0.39, 0.29) is 28.7 Å². The molecule has 0 spiro atoms. The molecule has 5 heteroatoms. The van der Waals surface area contributed by atoms with E-state index in [2.05, 4.69) is 34.6 Å². The van der Waals surface area contributed by atoms with Crippen LogP contribution in [0.15, 0.2) is 72.8 Å². The number of phenolic OH excluding ortho intramolecular Hbond substituents is 5. The van der Waals surface area contributed by atoms with Crippen molar-refractivity contribution in [3.05, 3.63) is 145 Å². The highest BCUT2D eigenvalue weighted by Crippen LogP contribution is 2.37. The van der Waals surface area contributed by atoms with Gasteiger partial charge in [-0.1, -0.05) is 95.3 Å². The quantitative estimate of drug-likeness (QED) is 0.0868. The smallest absolute Gasteiger partial charge is 0.122 e. The molecule has 0 amide bonds. The van der Waals surface area contributed by atoms with Gasteiger partial charge in [-0.05, 0) is 117 Å². The van der Waals surface area contributed by atoms with Crippen molar-refractivity contribution in [2.45, 2.75) is 92.4 Å². The zero-order valence-corrected chi connectivity index (χ0v) is 29.5. The Morgan fingerprint density at radius 3 is 0.776 bits per heavy atom. The van der Waals surface area contributed by atoms with Crippen LogP contribution in [0, 0.1) is 0 Å². The van der Waals surface area contributed by atoms with Crippen LogP contribution in [0.25, 0.3) is 0 Å². The molecule has 0 aliphatic rings. The molecule has 0 aliphatic carbocycles. The fourth-order valence-electron chi connectivity index (χ4n) is 6.74. The maximum Gasteiger partial charge on any atom is 0.122 e. The molecule has 49 heavy (non-hydrogen) atoms. The van der Waals surface area contributed by atoms with Gasteiger partial charge in [0.15, 0.2) is 0 Å². The van der Waals surface area contributed by atoms with Gasteiger partial charge in [0, 0.05) is 25.7 Å². The number of aromatic hydroxyl groups is 5. The zero-order chi connectivity index (χ0) is 35.2. The minimum atomic E-state index is 0.157. The van der Waals surface area contributed by atoms with E-state index in [9.17, 15) is 25.5 Å². The predicted molar refractivity (Wildman–Crippen MR) is 199 cm³/mol. The highest BCUT2D eigenvalue weighted by Gasteiger charge is 2.19. The lowest BCUT2D eigenvalue weighted by Crippen LogP contribution is -2.02. The largest absolute Gasteiger partial charge is 0.508 e. The van der Waals surface area contributed by atoms with E-state index in [4.69, 9.17) is 0 Å². The van der Waals surface area contributed by atoms with Crippen LogP contribution in [0.1, 0.15) is 107 Å². The lowest BCUT2D eigenvalue weighted by atomic mass is 9.89. The van der Waals surface area contributed by atoms with E-state index in [1.54, 1.807) is 12.1 Å². The number of hydrogen-bond donors (Lipinski definition) is 5. The van der Waals surface area contributed by atoms with Crippen LogP contribution in [0.5, 0.6) is 28.7 Å². The molecule has 0 atom stereocenters. The van der Waals surface area contributed by atoms with E-state index in [1.807, 2.05) is 60.7 Å². The van der Waals surface area contributed by atoms with E-state index in [1.165, 1.54) is 0 Å². The summed E-state index contributed by atoms with van der Waals surface area (Å²) in [5.74, 6) is 0.930. The van der Waals surface area contributed by atoms with Crippen molar-refractivity contribution in [2.75, 3.05) is 0 Å². The molecule has 256 valence electrons. The number of hydrogen-bond acceptors (Lipinski definition) is 5. The summed E-state index contributed by atoms with van der Waals surface area (Å²) in [6.07, 6.45) is 5.49. The van der Waals surface area contributed by atoms with Crippen LogP contribution >= 0.6 is 0 Å². The van der Waals surface area contributed by atoms with Gasteiger partial charge in [-0.15, -0.1) is 0 Å². The lowest BCUT2D eigenvalue weighted by Gasteiger charge is -2.18. The average Bonchev–Trinajstić information content (AvgIpc) is 3.11. The van der Waals surface area contributed by atoms with Crippen LogP contribution in [0.3, 0.4) is 0 Å². The first-order chi connectivity index (χ1) is 23.6. The van der Waals surface area contributed by atoms with Gasteiger partial charge in [0.1, 0.15) is 28.7 Å². The third-order valence-corrected chi connectivity index (χ3v) is 9.84. The summed E-state index contributed by atoms with van der Waals surface area (Å²) in [5, 5.41) is 56.0. The fourth-order valence-corrected chi connectivity index (χ4v) is 6.74. The van der Waals surface area contributed by atoms with Crippen LogP contribution in [0.2, 0.25) is 0 Å². The summed E-state index contributed by atoms with van der Waals surface area (Å²) >= 11 is 0. The van der Waals surface area contributed by atoms with E-state index in [0.717, 1.165) is 93.3 Å². The topological polar surface area (TPSA) is 101 Å². The van der Waals surface area contributed by atoms with Crippen molar-refractivity contribution in [3.63, 3.8) is 0 Å². The second-order valence-corrected chi connectivity index (χ2v) is 13.2. The fraction of sp³-hybridized carbons (Fsp3) is 0.318. The van der Waals surface area contributed by atoms with Gasteiger partial charge in [-0.3, -0.25) is 0 Å². The molecule has 0 unspecified atom stereocenters. The SMILES string of the molecule is CCc1ccc(O)c(Cc2cc(CC)cc(Cc3cc(CC)cc(Cc4cc(CC)cc(Cc5cc(CC)ccc5O)c4O)c3O)c2O)c1. The van der Waals surface area contributed by atoms with Gasteiger partial charge < -0.3 is 25.5 Å². The maximum atomic E-state index is 11.7. The molecule has 0 saturated carbocycles. The molecule has 5 aromatic carbocycles. The number of phenols is 5. The molecule has 0 heterocycles. The second kappa shape index (κ2) is 15.5. The normalized spacial score (nSPS) is 11.3. The third kappa shape index (κ3) is 8.05. The number of benzene rings is 5. The summed E-state index contributed by atoms with van der Waals surface area (Å²) in [6.45, 7) is 10.4. The van der Waals surface area contributed by atoms with Gasteiger partial charge in [0.05, 0.1) is 0 Å². The van der Waals surface area contributed by atoms with Gasteiger partial charge in [-0.25, -0.2) is 0 Å². The zero-order valence-electron chi connectivity index (χ0n) is 29.5. The molecule has 5 N–H and O–H groups in total. The van der Waals surface area contributed by atoms with Crippen molar-refractivity contribution >= 4 is 0 Å². The van der Waals surface area contributed by atoms with Crippen LogP contribution in [0.4, 0.5) is 0 Å². The number of aryl methyl sites for hydroxylation is 5. The first-order valence-corrected chi connectivity index (χ1v) is 17.7. The Morgan fingerprint density at radius 1 is 0.306 bits per heavy atom. The summed E-state index contributed by atoms with van der Waals surface area (Å²) < 4.78 is 0. The predicted octanol–water partition coefficient (Wildman–Crippen LogP) is 9.39. The molecular formula is C44H50O5. The molecule has 5 nitrogen and oxygen atoms in total. The Kier molecular flexibility index (Phi) is 11.2. The van der Waals surface area contributed by atoms with E-state index in [0.29, 0.717) is 36.8 Å². The van der Waals surface area contributed by atoms with Gasteiger partial charge in [-0.2, -0.15) is 0 Å². The van der Waals surface area contributed by atoms with Crippen molar-refractivity contribution in [2.24, 2.45) is 0 Å². The van der Waals surface area contributed by atoms with Crippen molar-refractivity contribution in [3.8, 4) is 28.7 Å². The molecule has 0 saturated heterocycles. The van der Waals surface area contributed by atoms with Gasteiger partial charge in [0.2, 0.25) is 0 Å².